The van der Waals surface area contributed by atoms with Crippen molar-refractivity contribution in [2.45, 2.75) is 0 Å². The lowest BCUT2D eigenvalue weighted by molar-refractivity contribution is 0.00919. The van der Waals surface area contributed by atoms with Crippen molar-refractivity contribution in [3.63, 3.8) is 0 Å². The van der Waals surface area contributed by atoms with Crippen molar-refractivity contribution in [1.82, 2.24) is 0 Å². The zero-order chi connectivity index (χ0) is 15.5. The molecule has 0 radical (unpaired) electrons. The van der Waals surface area contributed by atoms with Crippen molar-refractivity contribution in [1.29, 1.82) is 0 Å². The van der Waals surface area contributed by atoms with Crippen LogP contribution in [-0.2, 0) is 14.2 Å². The summed E-state index contributed by atoms with van der Waals surface area (Å²) in [5.41, 5.74) is 0.393. The Balaban J connectivity index is 2.17. The Kier molecular flexibility index (Phi) is 8.03. The third-order valence-corrected chi connectivity index (χ3v) is 2.44. The molecule has 116 valence electrons. The lowest BCUT2D eigenvalue weighted by atomic mass is 10.1. The first-order valence-corrected chi connectivity index (χ1v) is 6.42. The monoisotopic (exact) mass is 298 g/mol. The molecule has 2 N–H and O–H groups in total. The van der Waals surface area contributed by atoms with Crippen molar-refractivity contribution in [3.05, 3.63) is 35.4 Å². The number of aliphatic hydroxyl groups is 1. The zero-order valence-corrected chi connectivity index (χ0v) is 11.5. The maximum Gasteiger partial charge on any atom is 0.338 e. The van der Waals surface area contributed by atoms with Crippen LogP contribution in [0.15, 0.2) is 24.3 Å². The molecule has 7 heteroatoms. The van der Waals surface area contributed by atoms with Crippen LogP contribution in [0.4, 0.5) is 0 Å². The number of carbonyl (C=O) groups is 2. The maximum atomic E-state index is 11.6. The van der Waals surface area contributed by atoms with Gasteiger partial charge in [-0.2, -0.15) is 0 Å². The van der Waals surface area contributed by atoms with Crippen LogP contribution in [-0.4, -0.2) is 61.8 Å². The SMILES string of the molecule is O=C(O)c1ccc(C(=O)OCCOCCOCCO)cc1. The molecule has 0 atom stereocenters. The van der Waals surface area contributed by atoms with Gasteiger partial charge in [-0.05, 0) is 24.3 Å². The van der Waals surface area contributed by atoms with Crippen molar-refractivity contribution in [2.75, 3.05) is 39.6 Å². The molecule has 0 fully saturated rings. The largest absolute Gasteiger partial charge is 0.478 e. The van der Waals surface area contributed by atoms with Gasteiger partial charge in [0.1, 0.15) is 6.61 Å². The summed E-state index contributed by atoms with van der Waals surface area (Å²) in [5, 5.41) is 17.2. The molecule has 0 aliphatic rings. The number of carbonyl (C=O) groups excluding carboxylic acids is 1. The van der Waals surface area contributed by atoms with Gasteiger partial charge in [0.05, 0.1) is 44.2 Å². The quantitative estimate of drug-likeness (QED) is 0.481. The first-order chi connectivity index (χ1) is 10.1. The van der Waals surface area contributed by atoms with Crippen LogP contribution < -0.4 is 0 Å². The highest BCUT2D eigenvalue weighted by atomic mass is 16.6. The molecule has 0 bridgehead atoms. The lowest BCUT2D eigenvalue weighted by Crippen LogP contribution is -2.13. The highest BCUT2D eigenvalue weighted by molar-refractivity contribution is 5.92. The van der Waals surface area contributed by atoms with E-state index in [-0.39, 0.29) is 37.6 Å². The second-order valence-corrected chi connectivity index (χ2v) is 3.97. The topological polar surface area (TPSA) is 102 Å². The summed E-state index contributed by atoms with van der Waals surface area (Å²) in [6.45, 7) is 1.29. The molecule has 0 saturated heterocycles. The number of esters is 1. The number of ether oxygens (including phenoxy) is 3. The summed E-state index contributed by atoms with van der Waals surface area (Å²) in [7, 11) is 0. The molecule has 0 amide bonds. The van der Waals surface area contributed by atoms with Crippen LogP contribution in [0.2, 0.25) is 0 Å². The minimum Gasteiger partial charge on any atom is -0.478 e. The highest BCUT2D eigenvalue weighted by Gasteiger charge is 2.08. The molecule has 0 aliphatic heterocycles. The summed E-state index contributed by atoms with van der Waals surface area (Å²) in [5.74, 6) is -1.58. The highest BCUT2D eigenvalue weighted by Crippen LogP contribution is 2.06. The van der Waals surface area contributed by atoms with E-state index < -0.39 is 11.9 Å². The van der Waals surface area contributed by atoms with E-state index in [1.807, 2.05) is 0 Å². The number of aromatic carboxylic acids is 1. The fourth-order valence-corrected chi connectivity index (χ4v) is 1.41. The zero-order valence-electron chi connectivity index (χ0n) is 11.5. The van der Waals surface area contributed by atoms with Crippen LogP contribution in [0.5, 0.6) is 0 Å². The first kappa shape index (κ1) is 17.1. The number of aliphatic hydroxyl groups excluding tert-OH is 1. The smallest absolute Gasteiger partial charge is 0.338 e. The van der Waals surface area contributed by atoms with E-state index >= 15 is 0 Å². The van der Waals surface area contributed by atoms with E-state index in [1.165, 1.54) is 24.3 Å². The fraction of sp³-hybridized carbons (Fsp3) is 0.429. The number of hydrogen-bond donors (Lipinski definition) is 2. The third-order valence-electron chi connectivity index (χ3n) is 2.44. The van der Waals surface area contributed by atoms with Crippen LogP contribution in [0.25, 0.3) is 0 Å². The Labute approximate surface area is 122 Å². The van der Waals surface area contributed by atoms with Gasteiger partial charge in [-0.3, -0.25) is 0 Å². The number of carboxylic acids is 1. The van der Waals surface area contributed by atoms with Gasteiger partial charge in [0.25, 0.3) is 0 Å². The predicted molar refractivity (Wildman–Crippen MR) is 72.4 cm³/mol. The van der Waals surface area contributed by atoms with Crippen molar-refractivity contribution in [3.8, 4) is 0 Å². The molecule has 0 spiro atoms. The Morgan fingerprint density at radius 3 is 1.95 bits per heavy atom. The van der Waals surface area contributed by atoms with Gasteiger partial charge in [0, 0.05) is 0 Å². The Hall–Kier alpha value is -1.96. The normalized spacial score (nSPS) is 10.3. The van der Waals surface area contributed by atoms with Crippen LogP contribution in [0.3, 0.4) is 0 Å². The number of benzene rings is 1. The van der Waals surface area contributed by atoms with Gasteiger partial charge < -0.3 is 24.4 Å². The average Bonchev–Trinajstić information content (AvgIpc) is 2.49. The summed E-state index contributed by atoms with van der Waals surface area (Å²) >= 11 is 0. The van der Waals surface area contributed by atoms with Crippen molar-refractivity contribution >= 4 is 11.9 Å². The number of rotatable bonds is 10. The molecule has 1 aromatic carbocycles. The van der Waals surface area contributed by atoms with Gasteiger partial charge in [0.15, 0.2) is 0 Å². The molecule has 0 aliphatic carbocycles. The molecule has 0 heterocycles. The first-order valence-electron chi connectivity index (χ1n) is 6.42. The van der Waals surface area contributed by atoms with Crippen LogP contribution in [0.1, 0.15) is 20.7 Å². The number of carboxylic acid groups (broad SMARTS) is 1. The van der Waals surface area contributed by atoms with Gasteiger partial charge in [-0.25, -0.2) is 9.59 Å². The van der Waals surface area contributed by atoms with Crippen LogP contribution in [0, 0.1) is 0 Å². The summed E-state index contributed by atoms with van der Waals surface area (Å²) < 4.78 is 15.1. The van der Waals surface area contributed by atoms with E-state index in [9.17, 15) is 9.59 Å². The van der Waals surface area contributed by atoms with Crippen molar-refractivity contribution < 1.29 is 34.0 Å². The van der Waals surface area contributed by atoms with Gasteiger partial charge in [0.2, 0.25) is 0 Å². The van der Waals surface area contributed by atoms with Crippen LogP contribution >= 0.6 is 0 Å². The Morgan fingerprint density at radius 1 is 0.857 bits per heavy atom. The molecule has 0 unspecified atom stereocenters. The fourth-order valence-electron chi connectivity index (χ4n) is 1.41. The summed E-state index contributed by atoms with van der Waals surface area (Å²) in [6, 6.07) is 5.48. The molecular formula is C14H18O7. The van der Waals surface area contributed by atoms with E-state index in [1.54, 1.807) is 0 Å². The van der Waals surface area contributed by atoms with Gasteiger partial charge in [-0.15, -0.1) is 0 Å². The second kappa shape index (κ2) is 9.87. The van der Waals surface area contributed by atoms with E-state index in [0.29, 0.717) is 13.2 Å². The number of hydrogen-bond acceptors (Lipinski definition) is 6. The second-order valence-electron chi connectivity index (χ2n) is 3.97. The van der Waals surface area contributed by atoms with E-state index in [2.05, 4.69) is 0 Å². The lowest BCUT2D eigenvalue weighted by Gasteiger charge is -2.06. The standard InChI is InChI=1S/C14H18O7/c15-5-6-19-7-8-20-9-10-21-14(18)12-3-1-11(2-4-12)13(16)17/h1-4,15H,5-10H2,(H,16,17). The summed E-state index contributed by atoms with van der Waals surface area (Å²) in [6.07, 6.45) is 0. The minimum absolute atomic E-state index is 0.0295. The molecule has 1 aromatic rings. The molecule has 1 rings (SSSR count). The molecule has 0 saturated carbocycles. The molecule has 0 aromatic heterocycles. The molecule has 21 heavy (non-hydrogen) atoms. The Morgan fingerprint density at radius 2 is 1.38 bits per heavy atom. The van der Waals surface area contributed by atoms with Gasteiger partial charge >= 0.3 is 11.9 Å². The van der Waals surface area contributed by atoms with E-state index in [4.69, 9.17) is 24.4 Å². The van der Waals surface area contributed by atoms with E-state index in [0.717, 1.165) is 0 Å². The molecule has 7 nitrogen and oxygen atoms in total. The molecular weight excluding hydrogens is 280 g/mol. The third kappa shape index (κ3) is 6.84. The summed E-state index contributed by atoms with van der Waals surface area (Å²) in [4.78, 5) is 22.3. The minimum atomic E-state index is -1.05. The van der Waals surface area contributed by atoms with Gasteiger partial charge in [-0.1, -0.05) is 0 Å². The average molecular weight is 298 g/mol. The maximum absolute atomic E-state index is 11.6. The van der Waals surface area contributed by atoms with Crippen molar-refractivity contribution in [2.24, 2.45) is 0 Å². The predicted octanol–water partition coefficient (Wildman–Crippen LogP) is 0.567. The Bertz CT molecular complexity index is 441.